The number of carbonyl (C=O) groups is 3. The first-order valence-corrected chi connectivity index (χ1v) is 16.8. The third kappa shape index (κ3) is 8.37. The number of aromatic nitrogens is 2. The van der Waals surface area contributed by atoms with E-state index < -0.39 is 24.1 Å². The van der Waals surface area contributed by atoms with Crippen molar-refractivity contribution in [2.24, 2.45) is 24.3 Å². The van der Waals surface area contributed by atoms with Crippen molar-refractivity contribution in [3.63, 3.8) is 0 Å². The van der Waals surface area contributed by atoms with E-state index in [4.69, 9.17) is 9.90 Å². The first-order chi connectivity index (χ1) is 22.2. The second-order valence-electron chi connectivity index (χ2n) is 14.1. The minimum atomic E-state index is -5.08. The van der Waals surface area contributed by atoms with Crippen molar-refractivity contribution >= 4 is 34.5 Å². The number of carbonyl (C=O) groups excluding carboxylic acids is 2. The largest absolute Gasteiger partial charge is 0.490 e. The summed E-state index contributed by atoms with van der Waals surface area (Å²) in [6.07, 6.45) is 4.71. The molecule has 4 fully saturated rings. The van der Waals surface area contributed by atoms with Crippen LogP contribution < -0.4 is 21.2 Å². The number of nitrogens with one attached hydrogen (secondary N) is 2. The predicted octanol–water partition coefficient (Wildman–Crippen LogP) is 3.66. The molecule has 47 heavy (non-hydrogen) atoms. The Hall–Kier alpha value is -3.39. The molecule has 1 unspecified atom stereocenters. The van der Waals surface area contributed by atoms with Gasteiger partial charge in [-0.15, -0.1) is 0 Å². The highest BCUT2D eigenvalue weighted by Crippen LogP contribution is 2.38. The van der Waals surface area contributed by atoms with Crippen molar-refractivity contribution in [1.29, 1.82) is 0 Å². The number of alkyl halides is 3. The van der Waals surface area contributed by atoms with Crippen molar-refractivity contribution in [2.45, 2.75) is 76.9 Å². The summed E-state index contributed by atoms with van der Waals surface area (Å²) in [5.41, 5.74) is 3.05. The van der Waals surface area contributed by atoms with Gasteiger partial charge in [0.05, 0.1) is 11.0 Å². The van der Waals surface area contributed by atoms with E-state index in [9.17, 15) is 27.6 Å². The second-order valence-corrected chi connectivity index (χ2v) is 14.1. The van der Waals surface area contributed by atoms with Gasteiger partial charge in [0.25, 0.3) is 0 Å². The summed E-state index contributed by atoms with van der Waals surface area (Å²) >= 11 is 0. The van der Waals surface area contributed by atoms with Crippen molar-refractivity contribution in [2.75, 3.05) is 50.7 Å². The smallest absolute Gasteiger partial charge is 0.475 e. The number of aliphatic carboxylic acids is 1. The van der Waals surface area contributed by atoms with Crippen LogP contribution in [0.5, 0.6) is 0 Å². The van der Waals surface area contributed by atoms with Gasteiger partial charge in [0.1, 0.15) is 6.04 Å². The molecule has 3 N–H and O–H groups in total. The number of halogens is 3. The number of rotatable bonds is 6. The maximum atomic E-state index is 13.1. The van der Waals surface area contributed by atoms with Crippen LogP contribution in [0.1, 0.15) is 70.8 Å². The van der Waals surface area contributed by atoms with Gasteiger partial charge in [0, 0.05) is 38.8 Å². The summed E-state index contributed by atoms with van der Waals surface area (Å²) in [7, 11) is 1.76. The zero-order valence-electron chi connectivity index (χ0n) is 27.3. The van der Waals surface area contributed by atoms with Gasteiger partial charge in [-0.25, -0.2) is 9.59 Å². The van der Waals surface area contributed by atoms with Crippen LogP contribution in [0.15, 0.2) is 23.0 Å². The first-order valence-electron chi connectivity index (χ1n) is 16.8. The number of anilines is 1. The lowest BCUT2D eigenvalue weighted by Gasteiger charge is -2.41. The van der Waals surface area contributed by atoms with Crippen LogP contribution in [0.2, 0.25) is 0 Å². The number of nitrogens with zero attached hydrogens (tertiary/aromatic N) is 4. The molecule has 2 amide bonds. The van der Waals surface area contributed by atoms with Gasteiger partial charge in [-0.2, -0.15) is 13.2 Å². The zero-order valence-corrected chi connectivity index (χ0v) is 27.3. The molecule has 0 radical (unpaired) electrons. The van der Waals surface area contributed by atoms with Gasteiger partial charge < -0.3 is 20.2 Å². The summed E-state index contributed by atoms with van der Waals surface area (Å²) in [5.74, 6) is -1.77. The van der Waals surface area contributed by atoms with E-state index in [1.165, 1.54) is 77.7 Å². The Labute approximate surface area is 272 Å². The SMILES string of the molecule is Cn1c(=O)n(C2CCC(=O)NC2=O)c2ccc(N3CCC(CN4CCC(CC5(C)CCNCC5)CC4)CC3)cc21.O=C(O)C(F)(F)F. The van der Waals surface area contributed by atoms with Crippen molar-refractivity contribution in [3.8, 4) is 0 Å². The van der Waals surface area contributed by atoms with E-state index in [2.05, 4.69) is 39.5 Å². The molecule has 4 aliphatic rings. The molecule has 1 aromatic carbocycles. The third-order valence-corrected chi connectivity index (χ3v) is 10.6. The van der Waals surface area contributed by atoms with Gasteiger partial charge in [-0.05, 0) is 113 Å². The number of amides is 2. The molecule has 4 saturated heterocycles. The van der Waals surface area contributed by atoms with Crippen LogP contribution in [-0.2, 0) is 21.4 Å². The molecule has 2 aromatic rings. The Morgan fingerprint density at radius 3 is 2.17 bits per heavy atom. The van der Waals surface area contributed by atoms with E-state index in [1.54, 1.807) is 16.2 Å². The Morgan fingerprint density at radius 1 is 0.957 bits per heavy atom. The highest BCUT2D eigenvalue weighted by atomic mass is 19.4. The number of piperidine rings is 4. The average Bonchev–Trinajstić information content (AvgIpc) is 3.27. The number of carboxylic acid groups (broad SMARTS) is 1. The van der Waals surface area contributed by atoms with Gasteiger partial charge in [-0.3, -0.25) is 24.0 Å². The second kappa shape index (κ2) is 14.4. The van der Waals surface area contributed by atoms with Crippen molar-refractivity contribution in [1.82, 2.24) is 24.7 Å². The van der Waals surface area contributed by atoms with E-state index in [0.717, 1.165) is 41.6 Å². The lowest BCUT2D eigenvalue weighted by Crippen LogP contribution is -2.44. The fourth-order valence-corrected chi connectivity index (χ4v) is 7.82. The molecule has 6 rings (SSSR count). The highest BCUT2D eigenvalue weighted by molar-refractivity contribution is 6.00. The molecule has 4 aliphatic heterocycles. The molecule has 5 heterocycles. The van der Waals surface area contributed by atoms with Crippen LogP contribution in [0.4, 0.5) is 18.9 Å². The molecule has 0 saturated carbocycles. The van der Waals surface area contributed by atoms with E-state index in [-0.39, 0.29) is 18.0 Å². The van der Waals surface area contributed by atoms with Crippen molar-refractivity contribution in [3.05, 3.63) is 28.7 Å². The maximum Gasteiger partial charge on any atom is 0.490 e. The Balaban J connectivity index is 0.000000559. The molecular formula is C33H47F3N6O5. The molecular weight excluding hydrogens is 617 g/mol. The summed E-state index contributed by atoms with van der Waals surface area (Å²) in [6.45, 7) is 10.7. The predicted molar refractivity (Wildman–Crippen MR) is 171 cm³/mol. The minimum absolute atomic E-state index is 0.214. The number of carboxylic acids is 1. The average molecular weight is 665 g/mol. The van der Waals surface area contributed by atoms with Crippen LogP contribution in [0, 0.1) is 17.3 Å². The van der Waals surface area contributed by atoms with Gasteiger partial charge in [-0.1, -0.05) is 6.92 Å². The Morgan fingerprint density at radius 2 is 1.57 bits per heavy atom. The first kappa shape index (κ1) is 34.9. The number of benzene rings is 1. The van der Waals surface area contributed by atoms with Gasteiger partial charge in [0.15, 0.2) is 0 Å². The number of hydrogen-bond acceptors (Lipinski definition) is 7. The molecule has 1 aromatic heterocycles. The molecule has 1 atom stereocenters. The fourth-order valence-electron chi connectivity index (χ4n) is 7.82. The molecule has 14 heteroatoms. The molecule has 0 aliphatic carbocycles. The topological polar surface area (TPSA) is 129 Å². The fraction of sp³-hybridized carbons (Fsp3) is 0.697. The minimum Gasteiger partial charge on any atom is -0.475 e. The van der Waals surface area contributed by atoms with Crippen molar-refractivity contribution < 1.29 is 32.7 Å². The highest BCUT2D eigenvalue weighted by Gasteiger charge is 2.38. The number of aryl methyl sites for hydroxylation is 1. The summed E-state index contributed by atoms with van der Waals surface area (Å²) in [4.78, 5) is 51.3. The quantitative estimate of drug-likeness (QED) is 0.400. The van der Waals surface area contributed by atoms with Gasteiger partial charge >= 0.3 is 17.8 Å². The lowest BCUT2D eigenvalue weighted by atomic mass is 9.72. The normalized spacial score (nSPS) is 23.3. The van der Waals surface area contributed by atoms with E-state index in [0.29, 0.717) is 11.8 Å². The Kier molecular flexibility index (Phi) is 10.7. The Bertz CT molecular complexity index is 1500. The van der Waals surface area contributed by atoms with Gasteiger partial charge in [0.2, 0.25) is 11.8 Å². The number of imidazole rings is 1. The number of hydrogen-bond donors (Lipinski definition) is 3. The monoisotopic (exact) mass is 664 g/mol. The number of fused-ring (bicyclic) bond motifs is 1. The molecule has 11 nitrogen and oxygen atoms in total. The number of imide groups is 1. The molecule has 260 valence electrons. The lowest BCUT2D eigenvalue weighted by molar-refractivity contribution is -0.192. The zero-order chi connectivity index (χ0) is 33.9. The third-order valence-electron chi connectivity index (χ3n) is 10.6. The number of likely N-dealkylation sites (tertiary alicyclic amines) is 1. The summed E-state index contributed by atoms with van der Waals surface area (Å²) in [6, 6.07) is 5.50. The van der Waals surface area contributed by atoms with Crippen LogP contribution >= 0.6 is 0 Å². The maximum absolute atomic E-state index is 13.1. The van der Waals surface area contributed by atoms with E-state index >= 15 is 0 Å². The standard InChI is InChI=1S/C31H46N6O3.C2HF3O2/c1-31(11-13-32-14-12-31)20-22-7-15-35(16-8-22)21-23-9-17-36(18-10-23)24-3-4-25-27(19-24)34(2)30(40)37(25)26-5-6-28(38)33-29(26)39;3-2(4,5)1(6)7/h3-4,19,22-23,26,32H,5-18,20-21H2,1-2H3,(H,33,38,39);(H,6,7). The molecule has 0 bridgehead atoms. The van der Waals surface area contributed by atoms with Crippen LogP contribution in [0.3, 0.4) is 0 Å². The summed E-state index contributed by atoms with van der Waals surface area (Å²) < 4.78 is 34.9. The van der Waals surface area contributed by atoms with Crippen LogP contribution in [-0.4, -0.2) is 88.9 Å². The summed E-state index contributed by atoms with van der Waals surface area (Å²) in [5, 5.41) is 13.0. The van der Waals surface area contributed by atoms with Crippen LogP contribution in [0.25, 0.3) is 11.0 Å². The van der Waals surface area contributed by atoms with E-state index in [1.807, 2.05) is 6.07 Å². The molecule has 0 spiro atoms.